The van der Waals surface area contributed by atoms with E-state index in [0.717, 1.165) is 38.8 Å². The topological polar surface area (TPSA) is 49.8 Å². The zero-order valence-corrected chi connectivity index (χ0v) is 13.7. The number of hydrogen-bond donors (Lipinski definition) is 1. The second-order valence-corrected chi connectivity index (χ2v) is 5.88. The van der Waals surface area contributed by atoms with Gasteiger partial charge >= 0.3 is 5.97 Å². The first-order valence-electron chi connectivity index (χ1n) is 8.00. The van der Waals surface area contributed by atoms with Crippen molar-refractivity contribution >= 4 is 5.97 Å². The maximum atomic E-state index is 11.3. The Morgan fingerprint density at radius 2 is 1.85 bits per heavy atom. The van der Waals surface area contributed by atoms with Crippen LogP contribution in [0.5, 0.6) is 0 Å². The summed E-state index contributed by atoms with van der Waals surface area (Å²) < 4.78 is 5.48. The van der Waals surface area contributed by atoms with E-state index < -0.39 is 5.97 Å². The molecule has 0 spiro atoms. The number of ether oxygens (including phenoxy) is 1. The molecule has 0 heterocycles. The molecule has 0 rings (SSSR count). The van der Waals surface area contributed by atoms with E-state index in [4.69, 9.17) is 4.74 Å². The number of rotatable bonds is 13. The molecule has 0 saturated heterocycles. The third kappa shape index (κ3) is 10.2. The van der Waals surface area contributed by atoms with Gasteiger partial charge in [0.1, 0.15) is 0 Å². The van der Waals surface area contributed by atoms with Gasteiger partial charge in [-0.05, 0) is 32.2 Å². The summed E-state index contributed by atoms with van der Waals surface area (Å²) in [5, 5.41) is 9.29. The van der Waals surface area contributed by atoms with Crippen molar-refractivity contribution in [3.63, 3.8) is 0 Å². The maximum Gasteiger partial charge on any atom is 0.307 e. The van der Waals surface area contributed by atoms with Crippen molar-refractivity contribution in [2.45, 2.75) is 52.9 Å². The molecule has 2 atom stereocenters. The number of aliphatic carboxylic acids is 1. The Bertz CT molecular complexity index is 246. The van der Waals surface area contributed by atoms with Gasteiger partial charge < -0.3 is 14.7 Å². The van der Waals surface area contributed by atoms with Gasteiger partial charge in [-0.2, -0.15) is 0 Å². The van der Waals surface area contributed by atoms with Gasteiger partial charge in [0.25, 0.3) is 0 Å². The molecule has 0 bridgehead atoms. The summed E-state index contributed by atoms with van der Waals surface area (Å²) >= 11 is 0. The number of nitrogens with zero attached hydrogens (tertiary/aromatic N) is 1. The molecule has 0 aromatic carbocycles. The number of unbranched alkanes of at least 4 members (excludes halogenated alkanes) is 1. The average molecular weight is 287 g/mol. The van der Waals surface area contributed by atoms with Crippen LogP contribution in [0.1, 0.15) is 52.9 Å². The third-order valence-electron chi connectivity index (χ3n) is 3.69. The molecule has 0 amide bonds. The van der Waals surface area contributed by atoms with E-state index in [1.807, 2.05) is 7.05 Å². The van der Waals surface area contributed by atoms with Crippen molar-refractivity contribution in [2.75, 3.05) is 33.4 Å². The fraction of sp³-hybridized carbons (Fsp3) is 0.938. The molecule has 0 saturated carbocycles. The molecule has 0 aliphatic carbocycles. The van der Waals surface area contributed by atoms with E-state index in [2.05, 4.69) is 25.7 Å². The zero-order chi connectivity index (χ0) is 15.4. The molecule has 0 aromatic rings. The molecule has 4 heteroatoms. The van der Waals surface area contributed by atoms with Crippen LogP contribution in [0, 0.1) is 11.8 Å². The predicted molar refractivity (Wildman–Crippen MR) is 83.0 cm³/mol. The molecule has 0 aliphatic rings. The molecular formula is C16H33NO3. The van der Waals surface area contributed by atoms with E-state index >= 15 is 0 Å². The Hall–Kier alpha value is -0.610. The number of carboxylic acid groups (broad SMARTS) is 1. The van der Waals surface area contributed by atoms with Crippen molar-refractivity contribution in [2.24, 2.45) is 11.8 Å². The van der Waals surface area contributed by atoms with Gasteiger partial charge in [-0.1, -0.05) is 33.6 Å². The zero-order valence-electron chi connectivity index (χ0n) is 13.7. The lowest BCUT2D eigenvalue weighted by Gasteiger charge is -2.24. The van der Waals surface area contributed by atoms with Crippen molar-refractivity contribution in [3.8, 4) is 0 Å². The monoisotopic (exact) mass is 287 g/mol. The summed E-state index contributed by atoms with van der Waals surface area (Å²) in [5.41, 5.74) is 0. The van der Waals surface area contributed by atoms with Gasteiger partial charge in [0.15, 0.2) is 0 Å². The molecule has 0 radical (unpaired) electrons. The lowest BCUT2D eigenvalue weighted by atomic mass is 10.0. The molecule has 0 fully saturated rings. The third-order valence-corrected chi connectivity index (χ3v) is 3.69. The highest BCUT2D eigenvalue weighted by Gasteiger charge is 2.19. The van der Waals surface area contributed by atoms with Crippen LogP contribution in [-0.2, 0) is 9.53 Å². The summed E-state index contributed by atoms with van der Waals surface area (Å²) in [6.07, 6.45) is 4.88. The number of hydrogen-bond acceptors (Lipinski definition) is 3. The van der Waals surface area contributed by atoms with Crippen molar-refractivity contribution < 1.29 is 14.6 Å². The van der Waals surface area contributed by atoms with Crippen molar-refractivity contribution in [1.82, 2.24) is 4.90 Å². The van der Waals surface area contributed by atoms with Crippen LogP contribution in [0.3, 0.4) is 0 Å². The SMILES string of the molecule is CCCCOCCCC(CN(C)CC(C)CC)C(=O)O. The minimum atomic E-state index is -0.686. The van der Waals surface area contributed by atoms with E-state index in [-0.39, 0.29) is 5.92 Å². The Kier molecular flexibility index (Phi) is 11.8. The van der Waals surface area contributed by atoms with Crippen LogP contribution in [-0.4, -0.2) is 49.3 Å². The normalized spacial score (nSPS) is 14.4. The second-order valence-electron chi connectivity index (χ2n) is 5.88. The summed E-state index contributed by atoms with van der Waals surface area (Å²) in [4.78, 5) is 13.4. The molecule has 0 aromatic heterocycles. The van der Waals surface area contributed by atoms with Crippen molar-refractivity contribution in [1.29, 1.82) is 0 Å². The van der Waals surface area contributed by atoms with Crippen LogP contribution in [0.15, 0.2) is 0 Å². The Morgan fingerprint density at radius 1 is 1.20 bits per heavy atom. The van der Waals surface area contributed by atoms with E-state index in [9.17, 15) is 9.90 Å². The van der Waals surface area contributed by atoms with Crippen LogP contribution < -0.4 is 0 Å². The minimum Gasteiger partial charge on any atom is -0.481 e. The summed E-state index contributed by atoms with van der Waals surface area (Å²) in [5.74, 6) is -0.347. The van der Waals surface area contributed by atoms with Crippen LogP contribution in [0.2, 0.25) is 0 Å². The van der Waals surface area contributed by atoms with Crippen molar-refractivity contribution in [3.05, 3.63) is 0 Å². The van der Waals surface area contributed by atoms with E-state index in [1.54, 1.807) is 0 Å². The lowest BCUT2D eigenvalue weighted by Crippen LogP contribution is -2.33. The molecule has 4 nitrogen and oxygen atoms in total. The number of carboxylic acids is 1. The Balaban J connectivity index is 3.89. The molecule has 0 aliphatic heterocycles. The molecule has 1 N–H and O–H groups in total. The fourth-order valence-electron chi connectivity index (χ4n) is 2.19. The van der Waals surface area contributed by atoms with Crippen LogP contribution in [0.25, 0.3) is 0 Å². The second kappa shape index (κ2) is 12.2. The first-order chi connectivity index (χ1) is 9.51. The van der Waals surface area contributed by atoms with Crippen LogP contribution >= 0.6 is 0 Å². The van der Waals surface area contributed by atoms with E-state index in [1.165, 1.54) is 0 Å². The first-order valence-corrected chi connectivity index (χ1v) is 8.00. The van der Waals surface area contributed by atoms with Crippen LogP contribution in [0.4, 0.5) is 0 Å². The molecule has 120 valence electrons. The Labute approximate surface area is 124 Å². The molecule has 20 heavy (non-hydrogen) atoms. The van der Waals surface area contributed by atoms with Gasteiger partial charge in [0.2, 0.25) is 0 Å². The predicted octanol–water partition coefficient (Wildman–Crippen LogP) is 3.26. The van der Waals surface area contributed by atoms with Gasteiger partial charge in [-0.15, -0.1) is 0 Å². The fourth-order valence-corrected chi connectivity index (χ4v) is 2.19. The summed E-state index contributed by atoms with van der Waals surface area (Å²) in [7, 11) is 2.01. The smallest absolute Gasteiger partial charge is 0.307 e. The van der Waals surface area contributed by atoms with E-state index in [0.29, 0.717) is 25.5 Å². The largest absolute Gasteiger partial charge is 0.481 e. The van der Waals surface area contributed by atoms with Gasteiger partial charge in [0, 0.05) is 26.3 Å². The van der Waals surface area contributed by atoms with Gasteiger partial charge in [-0.3, -0.25) is 4.79 Å². The Morgan fingerprint density at radius 3 is 2.40 bits per heavy atom. The standard InChI is InChI=1S/C16H33NO3/c1-5-7-10-20-11-8-9-15(16(18)19)13-17(4)12-14(3)6-2/h14-15H,5-13H2,1-4H3,(H,18,19). The lowest BCUT2D eigenvalue weighted by molar-refractivity contribution is -0.142. The summed E-state index contributed by atoms with van der Waals surface area (Å²) in [6.45, 7) is 9.58. The number of carbonyl (C=O) groups is 1. The maximum absolute atomic E-state index is 11.3. The first kappa shape index (κ1) is 19.4. The highest BCUT2D eigenvalue weighted by atomic mass is 16.5. The molecule has 2 unspecified atom stereocenters. The molecular weight excluding hydrogens is 254 g/mol. The van der Waals surface area contributed by atoms with Gasteiger partial charge in [0.05, 0.1) is 5.92 Å². The highest BCUT2D eigenvalue weighted by Crippen LogP contribution is 2.11. The minimum absolute atomic E-state index is 0.279. The van der Waals surface area contributed by atoms with Gasteiger partial charge in [-0.25, -0.2) is 0 Å². The summed E-state index contributed by atoms with van der Waals surface area (Å²) in [6, 6.07) is 0. The average Bonchev–Trinajstić information content (AvgIpc) is 2.40. The quantitative estimate of drug-likeness (QED) is 0.528. The highest BCUT2D eigenvalue weighted by molar-refractivity contribution is 5.70.